The van der Waals surface area contributed by atoms with Crippen molar-refractivity contribution in [1.29, 1.82) is 0 Å². The van der Waals surface area contributed by atoms with Crippen molar-refractivity contribution in [3.63, 3.8) is 0 Å². The molecule has 0 unspecified atom stereocenters. The molecule has 0 saturated carbocycles. The molecular formula is H3BCrFeNiSi. The molecule has 5 heavy (non-hydrogen) atoms. The van der Waals surface area contributed by atoms with Crippen molar-refractivity contribution in [2.24, 2.45) is 0 Å². The summed E-state index contributed by atoms with van der Waals surface area (Å²) in [5.74, 6) is 0. The van der Waals surface area contributed by atoms with E-state index in [1.165, 1.54) is 0 Å². The van der Waals surface area contributed by atoms with Crippen molar-refractivity contribution in [3.8, 4) is 0 Å². The molecule has 5 heteroatoms. The molecule has 0 aromatic heterocycles. The van der Waals surface area contributed by atoms with Gasteiger partial charge >= 0.3 is 0 Å². The zero-order chi connectivity index (χ0) is 2.00. The molecule has 0 aliphatic heterocycles. The van der Waals surface area contributed by atoms with Crippen molar-refractivity contribution < 1.29 is 50.9 Å². The first-order valence-electron chi connectivity index (χ1n) is 0.577. The third kappa shape index (κ3) is 25.6. The third-order valence-electron chi connectivity index (χ3n) is 0. The van der Waals surface area contributed by atoms with Crippen molar-refractivity contribution >= 4 is 17.6 Å². The maximum Gasteiger partial charge on any atom is 0.0434 e. The van der Waals surface area contributed by atoms with E-state index in [1.807, 2.05) is 0 Å². The van der Waals surface area contributed by atoms with Crippen LogP contribution in [0.4, 0.5) is 0 Å². The van der Waals surface area contributed by atoms with Crippen LogP contribution < -0.4 is 0 Å². The predicted octanol–water partition coefficient (Wildman–Crippen LogP) is -1.57. The standard InChI is InChI=1S/BH3Si.Cr.Fe.Ni/c1-2;;;/h2H3;;;. The van der Waals surface area contributed by atoms with Gasteiger partial charge < -0.3 is 0 Å². The minimum atomic E-state index is 0. The van der Waals surface area contributed by atoms with E-state index in [2.05, 4.69) is 7.44 Å². The molecule has 34 valence electrons. The van der Waals surface area contributed by atoms with Crippen LogP contribution in [0.25, 0.3) is 0 Å². The summed E-state index contributed by atoms with van der Waals surface area (Å²) in [5.41, 5.74) is 0. The first kappa shape index (κ1) is 29.0. The van der Waals surface area contributed by atoms with Gasteiger partial charge in [-0.3, -0.25) is 0 Å². The molecule has 0 aromatic carbocycles. The third-order valence-corrected chi connectivity index (χ3v) is 0. The smallest absolute Gasteiger partial charge is 0.0388 e. The Morgan fingerprint density at radius 2 is 1.20 bits per heavy atom. The van der Waals surface area contributed by atoms with Gasteiger partial charge in [-0.05, 0) is 10.1 Å². The van der Waals surface area contributed by atoms with Crippen molar-refractivity contribution in [2.75, 3.05) is 0 Å². The zero-order valence-electron chi connectivity index (χ0n) is 2.66. The average molecular weight is 208 g/mol. The first-order valence-corrected chi connectivity index (χ1v) is 1.73. The largest absolute Gasteiger partial charge is 0.0434 e. The fourth-order valence-corrected chi connectivity index (χ4v) is 0. The molecule has 0 saturated heterocycles. The second-order valence-electron chi connectivity index (χ2n) is 0. The van der Waals surface area contributed by atoms with Crippen LogP contribution in [0, 0.1) is 0 Å². The summed E-state index contributed by atoms with van der Waals surface area (Å²) in [6, 6.07) is 0. The molecular weight excluding hydrogens is 205 g/mol. The van der Waals surface area contributed by atoms with Gasteiger partial charge in [0.2, 0.25) is 0 Å². The minimum absolute atomic E-state index is 0. The van der Waals surface area contributed by atoms with Gasteiger partial charge in [0.25, 0.3) is 0 Å². The Morgan fingerprint density at radius 3 is 1.20 bits per heavy atom. The van der Waals surface area contributed by atoms with Crippen molar-refractivity contribution in [1.82, 2.24) is 0 Å². The molecule has 0 N–H and O–H groups in total. The monoisotopic (exact) mass is 208 g/mol. The summed E-state index contributed by atoms with van der Waals surface area (Å²) in [4.78, 5) is 0. The molecule has 0 heterocycles. The molecule has 0 aliphatic carbocycles. The topological polar surface area (TPSA) is 0 Å². The summed E-state index contributed by atoms with van der Waals surface area (Å²) in [6.45, 7) is 0. The normalized spacial score (nSPS) is 1.60. The van der Waals surface area contributed by atoms with Crippen LogP contribution in [0.1, 0.15) is 0 Å². The fourth-order valence-electron chi connectivity index (χ4n) is 0. The van der Waals surface area contributed by atoms with Crippen LogP contribution in [-0.4, -0.2) is 17.6 Å². The summed E-state index contributed by atoms with van der Waals surface area (Å²) in [7, 11) is 5.44. The summed E-state index contributed by atoms with van der Waals surface area (Å²) < 4.78 is 0. The summed E-state index contributed by atoms with van der Waals surface area (Å²) >= 11 is 0. The van der Waals surface area contributed by atoms with Gasteiger partial charge in [0.05, 0.1) is 0 Å². The van der Waals surface area contributed by atoms with E-state index in [9.17, 15) is 0 Å². The van der Waals surface area contributed by atoms with E-state index in [-0.39, 0.29) is 50.9 Å². The quantitative estimate of drug-likeness (QED) is 0.422. The summed E-state index contributed by atoms with van der Waals surface area (Å²) in [6.07, 6.45) is 0. The molecule has 0 nitrogen and oxygen atoms in total. The van der Waals surface area contributed by atoms with E-state index in [1.54, 1.807) is 0 Å². The molecule has 2 radical (unpaired) electrons. The van der Waals surface area contributed by atoms with Crippen LogP contribution in [-0.2, 0) is 50.9 Å². The van der Waals surface area contributed by atoms with Crippen molar-refractivity contribution in [3.05, 3.63) is 0 Å². The Kier molecular flexibility index (Phi) is 236. The van der Waals surface area contributed by atoms with Gasteiger partial charge in [0, 0.05) is 58.4 Å². The number of hydrogen-bond donors (Lipinski definition) is 0. The Balaban J connectivity index is -0.00000000167. The Morgan fingerprint density at radius 1 is 1.20 bits per heavy atom. The Labute approximate surface area is 68.2 Å². The molecule has 0 rings (SSSR count). The molecule has 0 aromatic rings. The zero-order valence-corrected chi connectivity index (χ0v) is 8.02. The van der Waals surface area contributed by atoms with Crippen LogP contribution in [0.3, 0.4) is 0 Å². The van der Waals surface area contributed by atoms with Gasteiger partial charge in [-0.25, -0.2) is 0 Å². The van der Waals surface area contributed by atoms with Gasteiger partial charge in [0.15, 0.2) is 0 Å². The first-order chi connectivity index (χ1) is 1.00. The molecule has 0 aliphatic rings. The van der Waals surface area contributed by atoms with Crippen LogP contribution in [0.15, 0.2) is 0 Å². The van der Waals surface area contributed by atoms with E-state index < -0.39 is 0 Å². The predicted molar refractivity (Wildman–Crippen MR) is 15.7 cm³/mol. The van der Waals surface area contributed by atoms with Crippen LogP contribution >= 0.6 is 0 Å². The Hall–Kier alpha value is 1.83. The van der Waals surface area contributed by atoms with Gasteiger partial charge in [0.1, 0.15) is 0 Å². The van der Waals surface area contributed by atoms with E-state index in [0.717, 1.165) is 10.1 Å². The average Bonchev–Trinajstić information content (AvgIpc) is 1.00. The SMILES string of the molecule is [B][SiH3].[Cr].[Fe].[Ni]. The molecule has 0 amide bonds. The van der Waals surface area contributed by atoms with Crippen molar-refractivity contribution in [2.45, 2.75) is 0 Å². The Bertz CT molecular complexity index is 11.6. The maximum absolute atomic E-state index is 4.64. The van der Waals surface area contributed by atoms with E-state index in [0.29, 0.717) is 0 Å². The minimum Gasteiger partial charge on any atom is -0.0388 e. The second kappa shape index (κ2) is 40.7. The van der Waals surface area contributed by atoms with Gasteiger partial charge in [-0.2, -0.15) is 0 Å². The fraction of sp³-hybridized carbons (Fsp3) is 0. The van der Waals surface area contributed by atoms with Crippen LogP contribution in [0.2, 0.25) is 0 Å². The number of rotatable bonds is 0. The number of hydrogen-bond acceptors (Lipinski definition) is 0. The summed E-state index contributed by atoms with van der Waals surface area (Å²) in [5, 5.41) is 0. The molecule has 0 spiro atoms. The second-order valence-corrected chi connectivity index (χ2v) is 0. The van der Waals surface area contributed by atoms with E-state index in [4.69, 9.17) is 0 Å². The molecule has 0 bridgehead atoms. The molecule has 0 fully saturated rings. The van der Waals surface area contributed by atoms with Gasteiger partial charge in [-0.1, -0.05) is 0 Å². The van der Waals surface area contributed by atoms with E-state index >= 15 is 0 Å². The molecule has 0 atom stereocenters. The van der Waals surface area contributed by atoms with Crippen LogP contribution in [0.5, 0.6) is 0 Å². The maximum atomic E-state index is 4.64. The van der Waals surface area contributed by atoms with Gasteiger partial charge in [-0.15, -0.1) is 0 Å².